The number of nitrogens with one attached hydrogen (secondary N) is 1. The van der Waals surface area contributed by atoms with Gasteiger partial charge in [0.2, 0.25) is 11.8 Å². The van der Waals surface area contributed by atoms with E-state index in [4.69, 9.17) is 4.74 Å². The minimum absolute atomic E-state index is 0.0302. The molecule has 0 saturated carbocycles. The van der Waals surface area contributed by atoms with Crippen LogP contribution in [-0.2, 0) is 22.6 Å². The van der Waals surface area contributed by atoms with Gasteiger partial charge in [-0.2, -0.15) is 5.10 Å². The fourth-order valence-corrected chi connectivity index (χ4v) is 3.11. The number of amides is 2. The van der Waals surface area contributed by atoms with Crippen LogP contribution in [0.4, 0.5) is 0 Å². The maximum Gasteiger partial charge on any atom is 0.227 e. The van der Waals surface area contributed by atoms with E-state index in [0.717, 1.165) is 17.0 Å². The van der Waals surface area contributed by atoms with E-state index >= 15 is 0 Å². The summed E-state index contributed by atoms with van der Waals surface area (Å²) in [5.41, 5.74) is 1.85. The molecule has 7 nitrogen and oxygen atoms in total. The lowest BCUT2D eigenvalue weighted by Gasteiger charge is -2.33. The Kier molecular flexibility index (Phi) is 5.02. The minimum atomic E-state index is -0.145. The van der Waals surface area contributed by atoms with E-state index in [2.05, 4.69) is 10.4 Å². The maximum absolute atomic E-state index is 12.8. The molecular weight excluding hydrogens is 320 g/mol. The molecule has 1 aromatic carbocycles. The smallest absolute Gasteiger partial charge is 0.227 e. The molecule has 3 rings (SSSR count). The standard InChI is InChI=1S/C18H22N4O3/c1-19-17(23)10-15-12-21(11-14-6-7-20-22(14)15)18(24)9-13-4-3-5-16(8-13)25-2/h3-8,15H,9-12H2,1-2H3,(H,19,23)/t15-/m1/s1. The normalized spacial score (nSPS) is 16.2. The second-order valence-corrected chi connectivity index (χ2v) is 6.10. The molecule has 7 heteroatoms. The van der Waals surface area contributed by atoms with E-state index in [1.165, 1.54) is 0 Å². The lowest BCUT2D eigenvalue weighted by Crippen LogP contribution is -2.43. The zero-order chi connectivity index (χ0) is 17.8. The number of benzene rings is 1. The number of carbonyl (C=O) groups excluding carboxylic acids is 2. The molecule has 0 radical (unpaired) electrons. The van der Waals surface area contributed by atoms with Crippen LogP contribution in [0.25, 0.3) is 0 Å². The molecule has 2 aromatic rings. The van der Waals surface area contributed by atoms with Crippen molar-refractivity contribution in [1.82, 2.24) is 20.0 Å². The molecular formula is C18H22N4O3. The topological polar surface area (TPSA) is 76.5 Å². The second-order valence-electron chi connectivity index (χ2n) is 6.10. The predicted molar refractivity (Wildman–Crippen MR) is 92.1 cm³/mol. The van der Waals surface area contributed by atoms with Gasteiger partial charge in [0.25, 0.3) is 0 Å². The summed E-state index contributed by atoms with van der Waals surface area (Å²) in [5.74, 6) is 0.704. The van der Waals surface area contributed by atoms with Crippen molar-refractivity contribution in [3.8, 4) is 5.75 Å². The van der Waals surface area contributed by atoms with E-state index in [0.29, 0.717) is 25.9 Å². The van der Waals surface area contributed by atoms with Gasteiger partial charge >= 0.3 is 0 Å². The molecule has 0 fully saturated rings. The molecule has 0 unspecified atom stereocenters. The molecule has 2 heterocycles. The largest absolute Gasteiger partial charge is 0.497 e. The summed E-state index contributed by atoms with van der Waals surface area (Å²) in [5, 5.41) is 6.94. The Labute approximate surface area is 146 Å². The van der Waals surface area contributed by atoms with E-state index in [1.807, 2.05) is 35.0 Å². The number of carbonyl (C=O) groups is 2. The van der Waals surface area contributed by atoms with Gasteiger partial charge in [0.1, 0.15) is 5.75 Å². The highest BCUT2D eigenvalue weighted by molar-refractivity contribution is 5.79. The van der Waals surface area contributed by atoms with Crippen LogP contribution in [0.15, 0.2) is 36.5 Å². The number of nitrogens with zero attached hydrogens (tertiary/aromatic N) is 3. The summed E-state index contributed by atoms with van der Waals surface area (Å²) in [6.07, 6.45) is 2.31. The summed E-state index contributed by atoms with van der Waals surface area (Å²) in [7, 11) is 3.22. The highest BCUT2D eigenvalue weighted by Gasteiger charge is 2.29. The molecule has 0 bridgehead atoms. The van der Waals surface area contributed by atoms with Crippen LogP contribution in [0.2, 0.25) is 0 Å². The molecule has 0 saturated heterocycles. The van der Waals surface area contributed by atoms with Crippen molar-refractivity contribution in [3.05, 3.63) is 47.8 Å². The number of hydrogen-bond acceptors (Lipinski definition) is 4. The minimum Gasteiger partial charge on any atom is -0.497 e. The van der Waals surface area contributed by atoms with Gasteiger partial charge in [0.15, 0.2) is 0 Å². The Balaban J connectivity index is 1.73. The zero-order valence-corrected chi connectivity index (χ0v) is 14.4. The number of ether oxygens (including phenoxy) is 1. The third-order valence-corrected chi connectivity index (χ3v) is 4.42. The van der Waals surface area contributed by atoms with Crippen LogP contribution in [0.3, 0.4) is 0 Å². The molecule has 132 valence electrons. The number of fused-ring (bicyclic) bond motifs is 1. The van der Waals surface area contributed by atoms with Gasteiger partial charge in [-0.1, -0.05) is 12.1 Å². The van der Waals surface area contributed by atoms with Gasteiger partial charge in [-0.3, -0.25) is 14.3 Å². The Morgan fingerprint density at radius 2 is 2.20 bits per heavy atom. The van der Waals surface area contributed by atoms with E-state index in [1.54, 1.807) is 25.3 Å². The summed E-state index contributed by atoms with van der Waals surface area (Å²) in [6, 6.07) is 9.26. The maximum atomic E-state index is 12.8. The first-order valence-corrected chi connectivity index (χ1v) is 8.24. The molecule has 0 aliphatic carbocycles. The highest BCUT2D eigenvalue weighted by Crippen LogP contribution is 2.24. The third-order valence-electron chi connectivity index (χ3n) is 4.42. The molecule has 0 spiro atoms. The van der Waals surface area contributed by atoms with Crippen molar-refractivity contribution in [2.45, 2.75) is 25.4 Å². The number of rotatable bonds is 5. The van der Waals surface area contributed by atoms with Crippen molar-refractivity contribution >= 4 is 11.8 Å². The summed E-state index contributed by atoms with van der Waals surface area (Å²) in [6.45, 7) is 0.984. The van der Waals surface area contributed by atoms with Crippen molar-refractivity contribution < 1.29 is 14.3 Å². The third kappa shape index (κ3) is 3.81. The van der Waals surface area contributed by atoms with Gasteiger partial charge in [0, 0.05) is 19.8 Å². The Morgan fingerprint density at radius 3 is 2.96 bits per heavy atom. The predicted octanol–water partition coefficient (Wildman–Crippen LogP) is 1.15. The van der Waals surface area contributed by atoms with Crippen molar-refractivity contribution in [1.29, 1.82) is 0 Å². The van der Waals surface area contributed by atoms with Gasteiger partial charge in [0.05, 0.1) is 38.2 Å². The number of aromatic nitrogens is 2. The second kappa shape index (κ2) is 7.38. The molecule has 1 N–H and O–H groups in total. The monoisotopic (exact) mass is 342 g/mol. The molecule has 1 aliphatic heterocycles. The lowest BCUT2D eigenvalue weighted by molar-refractivity contribution is -0.133. The first kappa shape index (κ1) is 17.0. The van der Waals surface area contributed by atoms with E-state index in [9.17, 15) is 9.59 Å². The summed E-state index contributed by atoms with van der Waals surface area (Å²) < 4.78 is 7.06. The fourth-order valence-electron chi connectivity index (χ4n) is 3.11. The van der Waals surface area contributed by atoms with E-state index in [-0.39, 0.29) is 17.9 Å². The van der Waals surface area contributed by atoms with Gasteiger partial charge < -0.3 is 15.0 Å². The van der Waals surface area contributed by atoms with E-state index < -0.39 is 0 Å². The van der Waals surface area contributed by atoms with Crippen LogP contribution in [0, 0.1) is 0 Å². The van der Waals surface area contributed by atoms with Gasteiger partial charge in [-0.15, -0.1) is 0 Å². The van der Waals surface area contributed by atoms with Gasteiger partial charge in [-0.25, -0.2) is 0 Å². The quantitative estimate of drug-likeness (QED) is 0.884. The lowest BCUT2D eigenvalue weighted by atomic mass is 10.1. The molecule has 2 amide bonds. The SMILES string of the molecule is CNC(=O)C[C@@H]1CN(C(=O)Cc2cccc(OC)c2)Cc2ccnn21. The molecule has 1 atom stereocenters. The Morgan fingerprint density at radius 1 is 1.36 bits per heavy atom. The van der Waals surface area contributed by atoms with Crippen LogP contribution >= 0.6 is 0 Å². The first-order chi connectivity index (χ1) is 12.1. The zero-order valence-electron chi connectivity index (χ0n) is 14.4. The average Bonchev–Trinajstić information content (AvgIpc) is 3.10. The van der Waals surface area contributed by atoms with Gasteiger partial charge in [-0.05, 0) is 23.8 Å². The number of hydrogen-bond donors (Lipinski definition) is 1. The summed E-state index contributed by atoms with van der Waals surface area (Å²) >= 11 is 0. The van der Waals surface area contributed by atoms with Crippen LogP contribution in [-0.4, -0.2) is 47.2 Å². The summed E-state index contributed by atoms with van der Waals surface area (Å²) in [4.78, 5) is 26.3. The van der Waals surface area contributed by atoms with Crippen LogP contribution in [0.5, 0.6) is 5.75 Å². The van der Waals surface area contributed by atoms with Crippen LogP contribution < -0.4 is 10.1 Å². The molecule has 1 aliphatic rings. The van der Waals surface area contributed by atoms with Crippen molar-refractivity contribution in [2.24, 2.45) is 0 Å². The van der Waals surface area contributed by atoms with Crippen molar-refractivity contribution in [2.75, 3.05) is 20.7 Å². The van der Waals surface area contributed by atoms with Crippen LogP contribution in [0.1, 0.15) is 23.7 Å². The Hall–Kier alpha value is -2.83. The fraction of sp³-hybridized carbons (Fsp3) is 0.389. The average molecular weight is 342 g/mol. The Bertz CT molecular complexity index is 771. The molecule has 1 aromatic heterocycles. The molecule has 25 heavy (non-hydrogen) atoms. The highest BCUT2D eigenvalue weighted by atomic mass is 16.5. The van der Waals surface area contributed by atoms with Crippen molar-refractivity contribution in [3.63, 3.8) is 0 Å². The first-order valence-electron chi connectivity index (χ1n) is 8.24. The number of methoxy groups -OCH3 is 1.